The molecule has 0 aliphatic carbocycles. The Balaban J connectivity index is 1.58. The number of nitrogens with one attached hydrogen (secondary N) is 3. The van der Waals surface area contributed by atoms with E-state index in [0.717, 1.165) is 17.7 Å². The molecule has 5 nitrogen and oxygen atoms in total. The highest BCUT2D eigenvalue weighted by molar-refractivity contribution is 5.89. The molecule has 0 saturated carbocycles. The summed E-state index contributed by atoms with van der Waals surface area (Å²) in [6.07, 6.45) is -3.46. The molecule has 172 valence electrons. The lowest BCUT2D eigenvalue weighted by molar-refractivity contribution is -0.137. The van der Waals surface area contributed by atoms with Crippen LogP contribution >= 0.6 is 0 Å². The maximum Gasteiger partial charge on any atom is 0.416 e. The highest BCUT2D eigenvalue weighted by Crippen LogP contribution is 2.33. The third-order valence-corrected chi connectivity index (χ3v) is 5.56. The van der Waals surface area contributed by atoms with Crippen LogP contribution in [0.25, 0.3) is 22.5 Å². The fourth-order valence-electron chi connectivity index (χ4n) is 3.81. The molecule has 2 amide bonds. The fraction of sp³-hybridized carbons (Fsp3) is 0.250. The molecule has 1 unspecified atom stereocenters. The molecular weight excluding hydrogens is 438 g/mol. The zero-order chi connectivity index (χ0) is 23.6. The van der Waals surface area contributed by atoms with Gasteiger partial charge in [-0.25, -0.2) is 4.39 Å². The van der Waals surface area contributed by atoms with E-state index in [4.69, 9.17) is 0 Å². The first kappa shape index (κ1) is 22.6. The zero-order valence-corrected chi connectivity index (χ0v) is 17.4. The van der Waals surface area contributed by atoms with Crippen LogP contribution in [0.1, 0.15) is 24.0 Å². The summed E-state index contributed by atoms with van der Waals surface area (Å²) < 4.78 is 52.1. The lowest BCUT2D eigenvalue weighted by Gasteiger charge is -2.10. The highest BCUT2D eigenvalue weighted by atomic mass is 19.4. The number of amides is 2. The lowest BCUT2D eigenvalue weighted by atomic mass is 10.0. The van der Waals surface area contributed by atoms with Gasteiger partial charge in [-0.2, -0.15) is 13.2 Å². The first-order valence-corrected chi connectivity index (χ1v) is 10.4. The van der Waals surface area contributed by atoms with Gasteiger partial charge in [0.15, 0.2) is 0 Å². The number of alkyl halides is 3. The van der Waals surface area contributed by atoms with Crippen molar-refractivity contribution in [3.63, 3.8) is 0 Å². The quantitative estimate of drug-likeness (QED) is 0.477. The second kappa shape index (κ2) is 9.09. The Labute approximate surface area is 187 Å². The first-order valence-electron chi connectivity index (χ1n) is 10.4. The molecule has 1 aromatic heterocycles. The molecule has 3 aromatic rings. The molecule has 3 N–H and O–H groups in total. The number of carbonyl (C=O) groups is 2. The Kier molecular flexibility index (Phi) is 6.22. The number of aryl methyl sites for hydroxylation is 1. The van der Waals surface area contributed by atoms with Crippen molar-refractivity contribution < 1.29 is 27.2 Å². The van der Waals surface area contributed by atoms with Crippen molar-refractivity contribution in [3.8, 4) is 22.5 Å². The molecule has 1 fully saturated rings. The summed E-state index contributed by atoms with van der Waals surface area (Å²) >= 11 is 0. The summed E-state index contributed by atoms with van der Waals surface area (Å²) in [7, 11) is 0. The molecular formula is C24H21F4N3O2. The predicted octanol–water partition coefficient (Wildman–Crippen LogP) is 4.44. The van der Waals surface area contributed by atoms with Crippen LogP contribution in [0, 0.1) is 5.82 Å². The van der Waals surface area contributed by atoms with Gasteiger partial charge in [-0.1, -0.05) is 12.1 Å². The van der Waals surface area contributed by atoms with Crippen molar-refractivity contribution in [3.05, 3.63) is 71.5 Å². The average Bonchev–Trinajstić information content (AvgIpc) is 3.39. The number of rotatable bonds is 6. The molecule has 33 heavy (non-hydrogen) atoms. The maximum absolute atomic E-state index is 13.4. The van der Waals surface area contributed by atoms with Gasteiger partial charge in [0.1, 0.15) is 11.9 Å². The van der Waals surface area contributed by atoms with Crippen molar-refractivity contribution in [2.45, 2.75) is 31.5 Å². The Bertz CT molecular complexity index is 1150. The normalized spacial score (nSPS) is 16.0. The molecule has 4 rings (SSSR count). The van der Waals surface area contributed by atoms with Gasteiger partial charge in [-0.15, -0.1) is 0 Å². The SMILES string of the molecule is O=C(CCc1cc(-c2ccc(C(F)(F)F)cc2)[nH]c1-c1ccc(F)cc1)NC1CCNC1=O. The van der Waals surface area contributed by atoms with E-state index < -0.39 is 23.6 Å². The second-order valence-corrected chi connectivity index (χ2v) is 7.87. The molecule has 0 bridgehead atoms. The average molecular weight is 459 g/mol. The van der Waals surface area contributed by atoms with Crippen LogP contribution in [-0.2, 0) is 22.2 Å². The smallest absolute Gasteiger partial charge is 0.354 e. The number of H-pyrrole nitrogens is 1. The summed E-state index contributed by atoms with van der Waals surface area (Å²) in [6.45, 7) is 0.521. The lowest BCUT2D eigenvalue weighted by Crippen LogP contribution is -2.40. The number of halogens is 4. The Morgan fingerprint density at radius 3 is 2.30 bits per heavy atom. The number of hydrogen-bond acceptors (Lipinski definition) is 2. The van der Waals surface area contributed by atoms with E-state index in [1.54, 1.807) is 18.2 Å². The van der Waals surface area contributed by atoms with Gasteiger partial charge in [-0.05, 0) is 72.0 Å². The highest BCUT2D eigenvalue weighted by Gasteiger charge is 2.30. The maximum atomic E-state index is 13.4. The number of benzene rings is 2. The number of carbonyl (C=O) groups excluding carboxylic acids is 2. The van der Waals surface area contributed by atoms with Gasteiger partial charge < -0.3 is 15.6 Å². The monoisotopic (exact) mass is 459 g/mol. The van der Waals surface area contributed by atoms with Crippen molar-refractivity contribution in [2.75, 3.05) is 6.54 Å². The van der Waals surface area contributed by atoms with Crippen molar-refractivity contribution >= 4 is 11.8 Å². The van der Waals surface area contributed by atoms with Crippen molar-refractivity contribution in [1.29, 1.82) is 0 Å². The minimum absolute atomic E-state index is 0.113. The fourth-order valence-corrected chi connectivity index (χ4v) is 3.81. The number of hydrogen-bond donors (Lipinski definition) is 3. The Hall–Kier alpha value is -3.62. The Morgan fingerprint density at radius 2 is 1.70 bits per heavy atom. The zero-order valence-electron chi connectivity index (χ0n) is 17.4. The number of aromatic nitrogens is 1. The van der Waals surface area contributed by atoms with Crippen LogP contribution in [0.2, 0.25) is 0 Å². The van der Waals surface area contributed by atoms with Gasteiger partial charge in [-0.3, -0.25) is 9.59 Å². The van der Waals surface area contributed by atoms with Crippen LogP contribution in [0.3, 0.4) is 0 Å². The summed E-state index contributed by atoms with van der Waals surface area (Å²) in [5.74, 6) is -0.884. The molecule has 0 radical (unpaired) electrons. The standard InChI is InChI=1S/C24H21F4N3O2/c25-18-8-3-15(4-9-18)22-16(5-10-21(32)30-19-11-12-29-23(19)33)13-20(31-22)14-1-6-17(7-2-14)24(26,27)28/h1-4,6-9,13,19,31H,5,10-12H2,(H,29,33)(H,30,32). The van der Waals surface area contributed by atoms with E-state index in [0.29, 0.717) is 41.9 Å². The summed E-state index contributed by atoms with van der Waals surface area (Å²) in [6, 6.07) is 11.8. The minimum Gasteiger partial charge on any atom is -0.354 e. The van der Waals surface area contributed by atoms with E-state index in [-0.39, 0.29) is 18.2 Å². The van der Waals surface area contributed by atoms with E-state index in [2.05, 4.69) is 15.6 Å². The van der Waals surface area contributed by atoms with Gasteiger partial charge in [0.05, 0.1) is 5.56 Å². The third-order valence-electron chi connectivity index (χ3n) is 5.56. The largest absolute Gasteiger partial charge is 0.416 e. The van der Waals surface area contributed by atoms with Crippen LogP contribution in [0.15, 0.2) is 54.6 Å². The molecule has 1 aliphatic rings. The van der Waals surface area contributed by atoms with Gasteiger partial charge in [0.25, 0.3) is 0 Å². The Morgan fingerprint density at radius 1 is 1.03 bits per heavy atom. The van der Waals surface area contributed by atoms with Gasteiger partial charge >= 0.3 is 6.18 Å². The van der Waals surface area contributed by atoms with Crippen LogP contribution < -0.4 is 10.6 Å². The van der Waals surface area contributed by atoms with E-state index in [9.17, 15) is 27.2 Å². The van der Waals surface area contributed by atoms with Crippen LogP contribution in [0.4, 0.5) is 17.6 Å². The molecule has 9 heteroatoms. The topological polar surface area (TPSA) is 74.0 Å². The minimum atomic E-state index is -4.43. The molecule has 1 aliphatic heterocycles. The molecule has 0 spiro atoms. The van der Waals surface area contributed by atoms with Crippen LogP contribution in [0.5, 0.6) is 0 Å². The van der Waals surface area contributed by atoms with Gasteiger partial charge in [0, 0.05) is 24.4 Å². The molecule has 1 saturated heterocycles. The van der Waals surface area contributed by atoms with Gasteiger partial charge in [0.2, 0.25) is 11.8 Å². The predicted molar refractivity (Wildman–Crippen MR) is 115 cm³/mol. The summed E-state index contributed by atoms with van der Waals surface area (Å²) in [5.41, 5.74) is 2.46. The van der Waals surface area contributed by atoms with E-state index >= 15 is 0 Å². The van der Waals surface area contributed by atoms with Crippen molar-refractivity contribution in [2.24, 2.45) is 0 Å². The second-order valence-electron chi connectivity index (χ2n) is 7.87. The first-order chi connectivity index (χ1) is 15.7. The van der Waals surface area contributed by atoms with E-state index in [1.807, 2.05) is 0 Å². The van der Waals surface area contributed by atoms with Crippen molar-refractivity contribution in [1.82, 2.24) is 15.6 Å². The third kappa shape index (κ3) is 5.24. The molecule has 1 atom stereocenters. The summed E-state index contributed by atoms with van der Waals surface area (Å²) in [4.78, 5) is 27.2. The number of aromatic amines is 1. The molecule has 2 aromatic carbocycles. The van der Waals surface area contributed by atoms with Crippen LogP contribution in [-0.4, -0.2) is 29.4 Å². The summed E-state index contributed by atoms with van der Waals surface area (Å²) in [5, 5.41) is 5.37. The molecule has 2 heterocycles. The van der Waals surface area contributed by atoms with E-state index in [1.165, 1.54) is 24.3 Å².